The van der Waals surface area contributed by atoms with Gasteiger partial charge in [-0.15, -0.1) is 0 Å². The highest BCUT2D eigenvalue weighted by molar-refractivity contribution is 9.10. The number of benzene rings is 1. The highest BCUT2D eigenvalue weighted by Gasteiger charge is 2.06. The number of nitrogens with zero attached hydrogens (tertiary/aromatic N) is 2. The minimum atomic E-state index is 0.848. The fourth-order valence-electron chi connectivity index (χ4n) is 1.27. The van der Waals surface area contributed by atoms with Crippen LogP contribution < -0.4 is 4.74 Å². The third kappa shape index (κ3) is 1.31. The maximum Gasteiger partial charge on any atom is 0.119 e. The Bertz CT molecular complexity index is 450. The van der Waals surface area contributed by atoms with Crippen molar-refractivity contribution in [2.24, 2.45) is 7.05 Å². The van der Waals surface area contributed by atoms with Crippen molar-refractivity contribution in [2.45, 2.75) is 0 Å². The molecular weight excluding hydrogens is 232 g/mol. The number of aryl methyl sites for hydroxylation is 1. The highest BCUT2D eigenvalue weighted by Crippen LogP contribution is 2.26. The summed E-state index contributed by atoms with van der Waals surface area (Å²) in [4.78, 5) is 0. The Labute approximate surface area is 84.4 Å². The third-order valence-electron chi connectivity index (χ3n) is 1.97. The van der Waals surface area contributed by atoms with Crippen molar-refractivity contribution < 1.29 is 4.74 Å². The van der Waals surface area contributed by atoms with E-state index in [2.05, 4.69) is 21.0 Å². The summed E-state index contributed by atoms with van der Waals surface area (Å²) in [6.45, 7) is 0. The van der Waals surface area contributed by atoms with Gasteiger partial charge >= 0.3 is 0 Å². The summed E-state index contributed by atoms with van der Waals surface area (Å²) in [7, 11) is 3.56. The van der Waals surface area contributed by atoms with Crippen molar-refractivity contribution >= 4 is 26.8 Å². The minimum absolute atomic E-state index is 0.848. The highest BCUT2D eigenvalue weighted by atomic mass is 79.9. The standard InChI is InChI=1S/C9H9BrN2O/c1-12-9(10)7-5-6(13-2)3-4-8(7)11-12/h3-5H,1-2H3. The zero-order valence-corrected chi connectivity index (χ0v) is 9.00. The molecule has 0 aliphatic carbocycles. The number of methoxy groups -OCH3 is 1. The quantitative estimate of drug-likeness (QED) is 0.766. The molecular formula is C9H9BrN2O. The third-order valence-corrected chi connectivity index (χ3v) is 2.91. The van der Waals surface area contributed by atoms with Gasteiger partial charge in [-0.25, -0.2) is 0 Å². The first-order valence-corrected chi connectivity index (χ1v) is 4.68. The Balaban J connectivity index is 2.75. The molecule has 1 aromatic carbocycles. The van der Waals surface area contributed by atoms with Crippen molar-refractivity contribution in [1.29, 1.82) is 0 Å². The predicted octanol–water partition coefficient (Wildman–Crippen LogP) is 2.34. The summed E-state index contributed by atoms with van der Waals surface area (Å²) >= 11 is 3.46. The van der Waals surface area contributed by atoms with E-state index in [0.29, 0.717) is 0 Å². The van der Waals surface area contributed by atoms with Crippen molar-refractivity contribution in [2.75, 3.05) is 7.11 Å². The molecule has 0 amide bonds. The molecule has 0 aliphatic rings. The summed E-state index contributed by atoms with van der Waals surface area (Å²) in [6.07, 6.45) is 0. The van der Waals surface area contributed by atoms with Crippen LogP contribution in [0.3, 0.4) is 0 Å². The maximum absolute atomic E-state index is 5.13. The van der Waals surface area contributed by atoms with E-state index in [4.69, 9.17) is 4.74 Å². The van der Waals surface area contributed by atoms with Gasteiger partial charge in [0.05, 0.1) is 12.6 Å². The monoisotopic (exact) mass is 240 g/mol. The number of fused-ring (bicyclic) bond motifs is 1. The predicted molar refractivity (Wildman–Crippen MR) is 55.0 cm³/mol. The van der Waals surface area contributed by atoms with E-state index in [9.17, 15) is 0 Å². The second-order valence-corrected chi connectivity index (χ2v) is 3.55. The van der Waals surface area contributed by atoms with Crippen LogP contribution in [-0.4, -0.2) is 16.9 Å². The van der Waals surface area contributed by atoms with E-state index in [1.54, 1.807) is 11.8 Å². The number of halogens is 1. The number of rotatable bonds is 1. The largest absolute Gasteiger partial charge is 0.497 e. The molecule has 13 heavy (non-hydrogen) atoms. The molecule has 2 rings (SSSR count). The lowest BCUT2D eigenvalue weighted by atomic mass is 10.2. The molecule has 0 saturated carbocycles. The Morgan fingerprint density at radius 1 is 1.46 bits per heavy atom. The number of ether oxygens (including phenoxy) is 1. The van der Waals surface area contributed by atoms with Gasteiger partial charge in [-0.3, -0.25) is 4.68 Å². The summed E-state index contributed by atoms with van der Waals surface area (Å²) in [6, 6.07) is 5.81. The van der Waals surface area contributed by atoms with Crippen molar-refractivity contribution in [3.63, 3.8) is 0 Å². The van der Waals surface area contributed by atoms with E-state index in [-0.39, 0.29) is 0 Å². The first-order chi connectivity index (χ1) is 6.22. The van der Waals surface area contributed by atoms with Crippen LogP contribution >= 0.6 is 15.9 Å². The van der Waals surface area contributed by atoms with Crippen LogP contribution in [0.25, 0.3) is 10.9 Å². The van der Waals surface area contributed by atoms with Crippen LogP contribution in [0.2, 0.25) is 0 Å². The number of aromatic nitrogens is 2. The number of hydrogen-bond acceptors (Lipinski definition) is 2. The SMILES string of the molecule is COc1ccc2nn(C)c(Br)c2c1. The summed E-state index contributed by atoms with van der Waals surface area (Å²) in [5.41, 5.74) is 0.968. The molecule has 2 aromatic rings. The molecule has 3 nitrogen and oxygen atoms in total. The molecule has 0 spiro atoms. The molecule has 0 radical (unpaired) electrons. The van der Waals surface area contributed by atoms with Crippen LogP contribution in [0.5, 0.6) is 5.75 Å². The van der Waals surface area contributed by atoms with Gasteiger partial charge in [-0.2, -0.15) is 5.10 Å². The molecule has 0 saturated heterocycles. The summed E-state index contributed by atoms with van der Waals surface area (Å²) in [5, 5.41) is 5.37. The van der Waals surface area contributed by atoms with Gasteiger partial charge in [0.2, 0.25) is 0 Å². The van der Waals surface area contributed by atoms with Crippen LogP contribution in [-0.2, 0) is 7.05 Å². The lowest BCUT2D eigenvalue weighted by molar-refractivity contribution is 0.415. The number of hydrogen-bond donors (Lipinski definition) is 0. The lowest BCUT2D eigenvalue weighted by Gasteiger charge is -1.97. The van der Waals surface area contributed by atoms with Crippen LogP contribution in [0.1, 0.15) is 0 Å². The Hall–Kier alpha value is -1.03. The lowest BCUT2D eigenvalue weighted by Crippen LogP contribution is -1.88. The van der Waals surface area contributed by atoms with Gasteiger partial charge in [0.1, 0.15) is 10.4 Å². The second kappa shape index (κ2) is 3.03. The topological polar surface area (TPSA) is 27.1 Å². The molecule has 0 fully saturated rings. The minimum Gasteiger partial charge on any atom is -0.497 e. The van der Waals surface area contributed by atoms with Gasteiger partial charge in [0.15, 0.2) is 0 Å². The molecule has 0 bridgehead atoms. The van der Waals surface area contributed by atoms with E-state index >= 15 is 0 Å². The van der Waals surface area contributed by atoms with E-state index < -0.39 is 0 Å². The Morgan fingerprint density at radius 3 is 2.92 bits per heavy atom. The van der Waals surface area contributed by atoms with Gasteiger partial charge in [-0.05, 0) is 34.1 Å². The van der Waals surface area contributed by atoms with Crippen LogP contribution in [0, 0.1) is 0 Å². The molecule has 1 heterocycles. The van der Waals surface area contributed by atoms with Crippen molar-refractivity contribution in [3.05, 3.63) is 22.8 Å². The Kier molecular flexibility index (Phi) is 2.00. The fraction of sp³-hybridized carbons (Fsp3) is 0.222. The summed E-state index contributed by atoms with van der Waals surface area (Å²) < 4.78 is 7.90. The van der Waals surface area contributed by atoms with Gasteiger partial charge in [-0.1, -0.05) is 0 Å². The molecule has 1 aromatic heterocycles. The average molecular weight is 241 g/mol. The second-order valence-electron chi connectivity index (χ2n) is 2.80. The molecule has 68 valence electrons. The zero-order chi connectivity index (χ0) is 9.42. The van der Waals surface area contributed by atoms with Gasteiger partial charge in [0, 0.05) is 12.4 Å². The van der Waals surface area contributed by atoms with Crippen molar-refractivity contribution in [3.8, 4) is 5.75 Å². The molecule has 0 N–H and O–H groups in total. The smallest absolute Gasteiger partial charge is 0.119 e. The van der Waals surface area contributed by atoms with Gasteiger partial charge in [0.25, 0.3) is 0 Å². The summed E-state index contributed by atoms with van der Waals surface area (Å²) in [5.74, 6) is 0.848. The van der Waals surface area contributed by atoms with E-state index in [1.165, 1.54) is 0 Å². The fourth-order valence-corrected chi connectivity index (χ4v) is 1.67. The first kappa shape index (κ1) is 8.56. The maximum atomic E-state index is 5.13. The normalized spacial score (nSPS) is 10.7. The molecule has 0 unspecified atom stereocenters. The Morgan fingerprint density at radius 2 is 2.23 bits per heavy atom. The average Bonchev–Trinajstić information content (AvgIpc) is 2.43. The van der Waals surface area contributed by atoms with Crippen molar-refractivity contribution in [1.82, 2.24) is 9.78 Å². The van der Waals surface area contributed by atoms with E-state index in [1.807, 2.05) is 25.2 Å². The zero-order valence-electron chi connectivity index (χ0n) is 7.41. The first-order valence-electron chi connectivity index (χ1n) is 3.88. The molecule has 0 aliphatic heterocycles. The molecule has 4 heteroatoms. The molecule has 0 atom stereocenters. The van der Waals surface area contributed by atoms with Gasteiger partial charge < -0.3 is 4.74 Å². The van der Waals surface area contributed by atoms with E-state index in [0.717, 1.165) is 21.3 Å². The van der Waals surface area contributed by atoms with Crippen LogP contribution in [0.4, 0.5) is 0 Å². The van der Waals surface area contributed by atoms with Crippen LogP contribution in [0.15, 0.2) is 22.8 Å².